The van der Waals surface area contributed by atoms with E-state index in [0.717, 1.165) is 12.1 Å². The van der Waals surface area contributed by atoms with Crippen LogP contribution in [0, 0.1) is 5.82 Å². The lowest BCUT2D eigenvalue weighted by molar-refractivity contribution is -0.140. The van der Waals surface area contributed by atoms with Crippen molar-refractivity contribution in [3.05, 3.63) is 77.1 Å². The predicted octanol–water partition coefficient (Wildman–Crippen LogP) is 3.11. The summed E-state index contributed by atoms with van der Waals surface area (Å²) in [6.45, 7) is 0.0522. The molecule has 3 rings (SSSR count). The van der Waals surface area contributed by atoms with Gasteiger partial charge in [0, 0.05) is 18.5 Å². The second-order valence-electron chi connectivity index (χ2n) is 6.41. The van der Waals surface area contributed by atoms with E-state index in [-0.39, 0.29) is 30.5 Å². The fourth-order valence-corrected chi connectivity index (χ4v) is 3.26. The van der Waals surface area contributed by atoms with Crippen LogP contribution in [-0.2, 0) is 14.4 Å². The lowest BCUT2D eigenvalue weighted by Gasteiger charge is -2.25. The summed E-state index contributed by atoms with van der Waals surface area (Å²) in [5.41, 5.74) is 0.727. The number of likely N-dealkylation sites (tertiary alicyclic amines) is 1. The molecule has 1 saturated heterocycles. The third-order valence-electron chi connectivity index (χ3n) is 4.56. The summed E-state index contributed by atoms with van der Waals surface area (Å²) in [5, 5.41) is 19.6. The first kappa shape index (κ1) is 19.3. The molecule has 0 spiro atoms. The number of amides is 1. The van der Waals surface area contributed by atoms with Gasteiger partial charge < -0.3 is 15.1 Å². The van der Waals surface area contributed by atoms with Gasteiger partial charge in [0.05, 0.1) is 11.6 Å². The van der Waals surface area contributed by atoms with E-state index in [9.17, 15) is 23.9 Å². The molecule has 7 heteroatoms. The number of hydrogen-bond acceptors (Lipinski definition) is 4. The molecule has 1 fully saturated rings. The molecule has 2 N–H and O–H groups in total. The highest BCUT2D eigenvalue weighted by Crippen LogP contribution is 2.39. The molecular formula is C21H18FNO5. The van der Waals surface area contributed by atoms with Crippen molar-refractivity contribution in [1.29, 1.82) is 0 Å². The average molecular weight is 383 g/mol. The van der Waals surface area contributed by atoms with E-state index < -0.39 is 35.3 Å². The van der Waals surface area contributed by atoms with Gasteiger partial charge in [-0.3, -0.25) is 14.4 Å². The number of carbonyl (C=O) groups excluding carboxylic acids is 2. The van der Waals surface area contributed by atoms with Crippen LogP contribution in [0.3, 0.4) is 0 Å². The normalized spacial score (nSPS) is 18.5. The lowest BCUT2D eigenvalue weighted by Crippen LogP contribution is -2.31. The summed E-state index contributed by atoms with van der Waals surface area (Å²) in [6, 6.07) is 12.8. The second kappa shape index (κ2) is 8.04. The molecule has 1 aliphatic rings. The summed E-state index contributed by atoms with van der Waals surface area (Å²) in [7, 11) is 0. The zero-order valence-corrected chi connectivity index (χ0v) is 14.8. The maximum atomic E-state index is 13.2. The summed E-state index contributed by atoms with van der Waals surface area (Å²) < 4.78 is 13.2. The summed E-state index contributed by atoms with van der Waals surface area (Å²) in [6.07, 6.45) is 0.0186. The molecule has 0 radical (unpaired) electrons. The molecule has 0 saturated carbocycles. The van der Waals surface area contributed by atoms with Gasteiger partial charge >= 0.3 is 5.97 Å². The van der Waals surface area contributed by atoms with Gasteiger partial charge in [0.1, 0.15) is 11.6 Å². The molecule has 1 aliphatic heterocycles. The number of rotatable bonds is 6. The highest BCUT2D eigenvalue weighted by molar-refractivity contribution is 6.46. The zero-order chi connectivity index (χ0) is 20.3. The van der Waals surface area contributed by atoms with Crippen LogP contribution in [0.1, 0.15) is 30.0 Å². The van der Waals surface area contributed by atoms with Crippen molar-refractivity contribution in [3.8, 4) is 0 Å². The van der Waals surface area contributed by atoms with Crippen molar-refractivity contribution in [1.82, 2.24) is 4.90 Å². The number of benzene rings is 2. The van der Waals surface area contributed by atoms with Crippen molar-refractivity contribution in [3.63, 3.8) is 0 Å². The fraction of sp³-hybridized carbons (Fsp3) is 0.190. The van der Waals surface area contributed by atoms with E-state index in [4.69, 9.17) is 5.11 Å². The maximum absolute atomic E-state index is 13.2. The van der Waals surface area contributed by atoms with Gasteiger partial charge in [-0.25, -0.2) is 4.39 Å². The number of aliphatic carboxylic acids is 1. The highest BCUT2D eigenvalue weighted by atomic mass is 19.1. The lowest BCUT2D eigenvalue weighted by atomic mass is 9.95. The Morgan fingerprint density at radius 3 is 2.25 bits per heavy atom. The summed E-state index contributed by atoms with van der Waals surface area (Å²) >= 11 is 0. The number of hydrogen-bond donors (Lipinski definition) is 2. The number of halogens is 1. The van der Waals surface area contributed by atoms with Crippen LogP contribution < -0.4 is 0 Å². The number of aliphatic hydroxyl groups is 1. The SMILES string of the molecule is O=C(O)CCCN1C(=O)C(=O)C(=C(O)c2ccc(F)cc2)[C@@H]1c1ccccc1. The van der Waals surface area contributed by atoms with Gasteiger partial charge in [-0.2, -0.15) is 0 Å². The molecule has 2 aromatic rings. The van der Waals surface area contributed by atoms with Crippen LogP contribution in [0.4, 0.5) is 4.39 Å². The van der Waals surface area contributed by atoms with Crippen molar-refractivity contribution in [2.24, 2.45) is 0 Å². The number of nitrogens with zero attached hydrogens (tertiary/aromatic N) is 1. The van der Waals surface area contributed by atoms with Gasteiger partial charge in [0.2, 0.25) is 0 Å². The van der Waals surface area contributed by atoms with E-state index in [1.165, 1.54) is 17.0 Å². The molecule has 1 atom stereocenters. The van der Waals surface area contributed by atoms with Gasteiger partial charge in [-0.05, 0) is 36.2 Å². The standard InChI is InChI=1S/C21H18FNO5/c22-15-10-8-14(9-11-15)19(26)17-18(13-5-2-1-3-6-13)23(21(28)20(17)27)12-4-7-16(24)25/h1-3,5-6,8-11,18,26H,4,7,12H2,(H,24,25)/t18-/m0/s1. The van der Waals surface area contributed by atoms with E-state index in [1.807, 2.05) is 0 Å². The Bertz CT molecular complexity index is 937. The topological polar surface area (TPSA) is 94.9 Å². The van der Waals surface area contributed by atoms with Crippen LogP contribution in [-0.4, -0.2) is 39.3 Å². The van der Waals surface area contributed by atoms with Crippen LogP contribution in [0.5, 0.6) is 0 Å². The van der Waals surface area contributed by atoms with Gasteiger partial charge in [0.25, 0.3) is 11.7 Å². The van der Waals surface area contributed by atoms with E-state index >= 15 is 0 Å². The molecule has 0 aliphatic carbocycles. The van der Waals surface area contributed by atoms with Gasteiger partial charge in [-0.15, -0.1) is 0 Å². The molecule has 144 valence electrons. The molecule has 0 aromatic heterocycles. The zero-order valence-electron chi connectivity index (χ0n) is 14.8. The van der Waals surface area contributed by atoms with Gasteiger partial charge in [0.15, 0.2) is 0 Å². The predicted molar refractivity (Wildman–Crippen MR) is 98.7 cm³/mol. The van der Waals surface area contributed by atoms with Crippen molar-refractivity contribution in [2.75, 3.05) is 6.54 Å². The number of carboxylic acid groups (broad SMARTS) is 1. The number of Topliss-reactive ketones (excluding diaryl/α,β-unsaturated/α-hetero) is 1. The third kappa shape index (κ3) is 3.78. The first-order chi connectivity index (χ1) is 13.4. The molecule has 1 amide bonds. The summed E-state index contributed by atoms with van der Waals surface area (Å²) in [5.74, 6) is -3.55. The van der Waals surface area contributed by atoms with Crippen molar-refractivity contribution in [2.45, 2.75) is 18.9 Å². The maximum Gasteiger partial charge on any atom is 0.303 e. The Morgan fingerprint density at radius 1 is 1.00 bits per heavy atom. The average Bonchev–Trinajstić information content (AvgIpc) is 2.93. The molecule has 28 heavy (non-hydrogen) atoms. The monoisotopic (exact) mass is 383 g/mol. The van der Waals surface area contributed by atoms with Crippen LogP contribution >= 0.6 is 0 Å². The van der Waals surface area contributed by atoms with E-state index in [1.54, 1.807) is 30.3 Å². The van der Waals surface area contributed by atoms with Crippen LogP contribution in [0.15, 0.2) is 60.2 Å². The van der Waals surface area contributed by atoms with E-state index in [2.05, 4.69) is 0 Å². The Morgan fingerprint density at radius 2 is 1.64 bits per heavy atom. The molecule has 6 nitrogen and oxygen atoms in total. The van der Waals surface area contributed by atoms with Crippen molar-refractivity contribution < 1.29 is 29.0 Å². The third-order valence-corrected chi connectivity index (χ3v) is 4.56. The van der Waals surface area contributed by atoms with Crippen LogP contribution in [0.2, 0.25) is 0 Å². The first-order valence-electron chi connectivity index (χ1n) is 8.71. The minimum Gasteiger partial charge on any atom is -0.507 e. The Labute approximate surface area is 160 Å². The molecule has 0 bridgehead atoms. The molecule has 0 unspecified atom stereocenters. The van der Waals surface area contributed by atoms with Gasteiger partial charge in [-0.1, -0.05) is 30.3 Å². The number of carboxylic acids is 1. The quantitative estimate of drug-likeness (QED) is 0.454. The number of carbonyl (C=O) groups is 3. The van der Waals surface area contributed by atoms with Crippen LogP contribution in [0.25, 0.3) is 5.76 Å². The second-order valence-corrected chi connectivity index (χ2v) is 6.41. The Balaban J connectivity index is 2.07. The molecule has 2 aromatic carbocycles. The first-order valence-corrected chi connectivity index (χ1v) is 8.71. The highest BCUT2D eigenvalue weighted by Gasteiger charge is 2.45. The largest absolute Gasteiger partial charge is 0.507 e. The Kier molecular flexibility index (Phi) is 5.54. The fourth-order valence-electron chi connectivity index (χ4n) is 3.26. The van der Waals surface area contributed by atoms with E-state index in [0.29, 0.717) is 5.56 Å². The smallest absolute Gasteiger partial charge is 0.303 e. The molecule has 1 heterocycles. The minimum atomic E-state index is -1.00. The Hall–Kier alpha value is -3.48. The molecular weight excluding hydrogens is 365 g/mol. The van der Waals surface area contributed by atoms with Crippen molar-refractivity contribution >= 4 is 23.4 Å². The number of aliphatic hydroxyl groups excluding tert-OH is 1. The summed E-state index contributed by atoms with van der Waals surface area (Å²) in [4.78, 5) is 37.3. The minimum absolute atomic E-state index is 0.0522. The number of ketones is 1.